The molecule has 0 unspecified atom stereocenters. The van der Waals surface area contributed by atoms with Crippen molar-refractivity contribution in [3.8, 4) is 0 Å². The smallest absolute Gasteiger partial charge is 0.225 e. The van der Waals surface area contributed by atoms with Crippen molar-refractivity contribution in [2.24, 2.45) is 0 Å². The van der Waals surface area contributed by atoms with E-state index in [4.69, 9.17) is 4.74 Å². The van der Waals surface area contributed by atoms with Crippen LogP contribution in [0.3, 0.4) is 0 Å². The lowest BCUT2D eigenvalue weighted by atomic mass is 10.4. The minimum absolute atomic E-state index is 0.742. The lowest BCUT2D eigenvalue weighted by Crippen LogP contribution is -2.29. The van der Waals surface area contributed by atoms with Gasteiger partial charge in [0.05, 0.1) is 6.61 Å². The maximum absolute atomic E-state index is 5.48. The van der Waals surface area contributed by atoms with E-state index in [1.54, 1.807) is 12.4 Å². The molecule has 0 amide bonds. The summed E-state index contributed by atoms with van der Waals surface area (Å²) in [6, 6.07) is 1.83. The zero-order chi connectivity index (χ0) is 11.6. The summed E-state index contributed by atoms with van der Waals surface area (Å²) < 4.78 is 5.48. The van der Waals surface area contributed by atoms with Crippen molar-refractivity contribution >= 4 is 5.95 Å². The van der Waals surface area contributed by atoms with Crippen LogP contribution in [0.15, 0.2) is 18.5 Å². The fourth-order valence-electron chi connectivity index (χ4n) is 1.46. The lowest BCUT2D eigenvalue weighted by molar-refractivity contribution is 0.140. The molecule has 4 heteroatoms. The van der Waals surface area contributed by atoms with Crippen molar-refractivity contribution < 1.29 is 4.74 Å². The average Bonchev–Trinajstić information content (AvgIpc) is 2.34. The Kier molecular flexibility index (Phi) is 6.49. The molecule has 0 aromatic carbocycles. The number of nitrogens with zero attached hydrogens (tertiary/aromatic N) is 3. The fourth-order valence-corrected chi connectivity index (χ4v) is 1.46. The standard InChI is InChI=1S/C12H21N3O/c1-3-8-15(9-11-16-10-4-2)12-13-6-5-7-14-12/h5-7H,3-4,8-11H2,1-2H3. The summed E-state index contributed by atoms with van der Waals surface area (Å²) >= 11 is 0. The Morgan fingerprint density at radius 1 is 1.06 bits per heavy atom. The summed E-state index contributed by atoms with van der Waals surface area (Å²) in [5.41, 5.74) is 0. The van der Waals surface area contributed by atoms with Gasteiger partial charge in [0.15, 0.2) is 0 Å². The molecule has 0 fully saturated rings. The molecule has 4 nitrogen and oxygen atoms in total. The largest absolute Gasteiger partial charge is 0.380 e. The van der Waals surface area contributed by atoms with Crippen LogP contribution in [0.2, 0.25) is 0 Å². The Morgan fingerprint density at radius 2 is 1.81 bits per heavy atom. The van der Waals surface area contributed by atoms with Gasteiger partial charge in [0.1, 0.15) is 0 Å². The first-order valence-corrected chi connectivity index (χ1v) is 5.98. The molecule has 16 heavy (non-hydrogen) atoms. The molecule has 1 rings (SSSR count). The van der Waals surface area contributed by atoms with Crippen molar-refractivity contribution in [3.63, 3.8) is 0 Å². The topological polar surface area (TPSA) is 38.2 Å². The summed E-state index contributed by atoms with van der Waals surface area (Å²) in [5.74, 6) is 0.796. The summed E-state index contributed by atoms with van der Waals surface area (Å²) in [7, 11) is 0. The molecule has 1 aromatic rings. The van der Waals surface area contributed by atoms with E-state index in [1.807, 2.05) is 6.07 Å². The molecule has 0 bridgehead atoms. The minimum atomic E-state index is 0.742. The monoisotopic (exact) mass is 223 g/mol. The van der Waals surface area contributed by atoms with Crippen LogP contribution in [0.1, 0.15) is 26.7 Å². The first kappa shape index (κ1) is 12.9. The van der Waals surface area contributed by atoms with Crippen molar-refractivity contribution in [1.82, 2.24) is 9.97 Å². The number of hydrogen-bond donors (Lipinski definition) is 0. The molecule has 90 valence electrons. The van der Waals surface area contributed by atoms with Crippen molar-refractivity contribution in [1.29, 1.82) is 0 Å². The van der Waals surface area contributed by atoms with Crippen LogP contribution < -0.4 is 4.90 Å². The van der Waals surface area contributed by atoms with Crippen LogP contribution in [-0.4, -0.2) is 36.3 Å². The fraction of sp³-hybridized carbons (Fsp3) is 0.667. The number of hydrogen-bond acceptors (Lipinski definition) is 4. The third-order valence-electron chi connectivity index (χ3n) is 2.18. The highest BCUT2D eigenvalue weighted by Crippen LogP contribution is 2.05. The van der Waals surface area contributed by atoms with E-state index >= 15 is 0 Å². The third-order valence-corrected chi connectivity index (χ3v) is 2.18. The Bertz CT molecular complexity index is 266. The van der Waals surface area contributed by atoms with Gasteiger partial charge in [0.25, 0.3) is 0 Å². The summed E-state index contributed by atoms with van der Waals surface area (Å²) in [6.45, 7) is 7.67. The van der Waals surface area contributed by atoms with Gasteiger partial charge in [-0.3, -0.25) is 0 Å². The number of aromatic nitrogens is 2. The normalized spacial score (nSPS) is 10.4. The molecular weight excluding hydrogens is 202 g/mol. The maximum Gasteiger partial charge on any atom is 0.225 e. The summed E-state index contributed by atoms with van der Waals surface area (Å²) in [4.78, 5) is 10.7. The van der Waals surface area contributed by atoms with Gasteiger partial charge in [-0.05, 0) is 18.9 Å². The van der Waals surface area contributed by atoms with Crippen LogP contribution >= 0.6 is 0 Å². The predicted molar refractivity (Wildman–Crippen MR) is 65.6 cm³/mol. The Morgan fingerprint density at radius 3 is 2.44 bits per heavy atom. The quantitative estimate of drug-likeness (QED) is 0.633. The first-order chi connectivity index (χ1) is 7.88. The molecule has 0 N–H and O–H groups in total. The van der Waals surface area contributed by atoms with Gasteiger partial charge in [0, 0.05) is 32.1 Å². The second-order valence-corrected chi connectivity index (χ2v) is 3.65. The molecule has 0 radical (unpaired) electrons. The molecule has 0 saturated heterocycles. The van der Waals surface area contributed by atoms with E-state index in [9.17, 15) is 0 Å². The average molecular weight is 223 g/mol. The second kappa shape index (κ2) is 8.05. The molecule has 0 spiro atoms. The molecule has 0 saturated carbocycles. The molecular formula is C12H21N3O. The van der Waals surface area contributed by atoms with E-state index in [0.29, 0.717) is 0 Å². The van der Waals surface area contributed by atoms with Gasteiger partial charge in [-0.25, -0.2) is 9.97 Å². The number of anilines is 1. The van der Waals surface area contributed by atoms with Crippen LogP contribution in [0.5, 0.6) is 0 Å². The van der Waals surface area contributed by atoms with Gasteiger partial charge < -0.3 is 9.64 Å². The van der Waals surface area contributed by atoms with Gasteiger partial charge in [-0.1, -0.05) is 13.8 Å². The van der Waals surface area contributed by atoms with E-state index in [2.05, 4.69) is 28.7 Å². The Labute approximate surface area is 97.7 Å². The van der Waals surface area contributed by atoms with Gasteiger partial charge in [-0.2, -0.15) is 0 Å². The van der Waals surface area contributed by atoms with Crippen molar-refractivity contribution in [2.75, 3.05) is 31.2 Å². The van der Waals surface area contributed by atoms with Gasteiger partial charge in [0.2, 0.25) is 5.95 Å². The summed E-state index contributed by atoms with van der Waals surface area (Å²) in [5, 5.41) is 0. The SMILES string of the molecule is CCCOCCN(CCC)c1ncccn1. The van der Waals surface area contributed by atoms with Crippen LogP contribution in [0, 0.1) is 0 Å². The highest BCUT2D eigenvalue weighted by molar-refractivity contribution is 5.27. The van der Waals surface area contributed by atoms with Gasteiger partial charge >= 0.3 is 0 Å². The van der Waals surface area contributed by atoms with E-state index in [0.717, 1.165) is 45.1 Å². The second-order valence-electron chi connectivity index (χ2n) is 3.65. The molecule has 0 atom stereocenters. The van der Waals surface area contributed by atoms with E-state index < -0.39 is 0 Å². The highest BCUT2D eigenvalue weighted by atomic mass is 16.5. The molecule has 0 aliphatic heterocycles. The van der Waals surface area contributed by atoms with Crippen LogP contribution in [-0.2, 0) is 4.74 Å². The van der Waals surface area contributed by atoms with E-state index in [1.165, 1.54) is 0 Å². The van der Waals surface area contributed by atoms with Crippen LogP contribution in [0.4, 0.5) is 5.95 Å². The number of rotatable bonds is 8. The zero-order valence-electron chi connectivity index (χ0n) is 10.2. The maximum atomic E-state index is 5.48. The van der Waals surface area contributed by atoms with E-state index in [-0.39, 0.29) is 0 Å². The lowest BCUT2D eigenvalue weighted by Gasteiger charge is -2.21. The molecule has 0 aliphatic rings. The Hall–Kier alpha value is -1.16. The Balaban J connectivity index is 2.41. The molecule has 1 heterocycles. The third kappa shape index (κ3) is 4.57. The van der Waals surface area contributed by atoms with Crippen LogP contribution in [0.25, 0.3) is 0 Å². The predicted octanol–water partition coefficient (Wildman–Crippen LogP) is 2.12. The molecule has 1 aromatic heterocycles. The molecule has 0 aliphatic carbocycles. The minimum Gasteiger partial charge on any atom is -0.380 e. The van der Waals surface area contributed by atoms with Crippen molar-refractivity contribution in [3.05, 3.63) is 18.5 Å². The van der Waals surface area contributed by atoms with Gasteiger partial charge in [-0.15, -0.1) is 0 Å². The first-order valence-electron chi connectivity index (χ1n) is 5.98. The summed E-state index contributed by atoms with van der Waals surface area (Å²) in [6.07, 6.45) is 5.71. The highest BCUT2D eigenvalue weighted by Gasteiger charge is 2.06. The zero-order valence-corrected chi connectivity index (χ0v) is 10.2. The van der Waals surface area contributed by atoms with Crippen molar-refractivity contribution in [2.45, 2.75) is 26.7 Å². The number of ether oxygens (including phenoxy) is 1.